The fourth-order valence-corrected chi connectivity index (χ4v) is 13.7. The van der Waals surface area contributed by atoms with Crippen LogP contribution in [0.25, 0.3) is 0 Å². The van der Waals surface area contributed by atoms with Crippen LogP contribution in [0.15, 0.2) is 170 Å². The normalized spacial score (nSPS) is 25.6. The van der Waals surface area contributed by atoms with Crippen LogP contribution in [0, 0.1) is 0 Å². The number of nitrogens with one attached hydrogen (secondary N) is 1. The largest absolute Gasteiger partial charge is 0.394 e. The lowest BCUT2D eigenvalue weighted by atomic mass is 9.96. The van der Waals surface area contributed by atoms with Gasteiger partial charge in [-0.15, -0.1) is 0 Å². The van der Waals surface area contributed by atoms with Crippen LogP contribution in [0.5, 0.6) is 0 Å². The van der Waals surface area contributed by atoms with Crippen LogP contribution >= 0.6 is 0 Å². The SMILES string of the molecule is CC/C=C\C/C=C\C/C=C\C/C=C\C/C=C\C/C=C\C/C=C\C/C=C\C/C=C\C/C=C\C/C=C\C/C=C\CCCCCCC(=O)NC(COC1OC(CO)C(OC2OC(CO)C(OC3OC(CO)C(O)C(O)C3O)C(O)C2O)C(O)C1O)C(O)/C=C/CC/C=C/CCCCCCCCCCCCCCCCCCCCCCCC. The summed E-state index contributed by atoms with van der Waals surface area (Å²) in [4.78, 5) is 13.5. The van der Waals surface area contributed by atoms with Gasteiger partial charge in [0.15, 0.2) is 18.9 Å². The number of hydrogen-bond donors (Lipinski definition) is 12. The molecule has 114 heavy (non-hydrogen) atoms. The predicted octanol–water partition coefficient (Wildman–Crippen LogP) is 16.9. The summed E-state index contributed by atoms with van der Waals surface area (Å²) in [6.07, 6.45) is 82.0. The summed E-state index contributed by atoms with van der Waals surface area (Å²) < 4.78 is 34.5. The first-order valence-corrected chi connectivity index (χ1v) is 44.4. The molecule has 0 aromatic rings. The number of carbonyl (C=O) groups is 1. The summed E-state index contributed by atoms with van der Waals surface area (Å²) in [7, 11) is 0. The molecule has 0 aliphatic carbocycles. The van der Waals surface area contributed by atoms with Crippen LogP contribution in [0.1, 0.15) is 290 Å². The van der Waals surface area contributed by atoms with Gasteiger partial charge in [-0.1, -0.05) is 332 Å². The van der Waals surface area contributed by atoms with Crippen molar-refractivity contribution in [2.75, 3.05) is 26.4 Å². The van der Waals surface area contributed by atoms with E-state index in [-0.39, 0.29) is 18.9 Å². The topological polar surface area (TPSA) is 307 Å². The van der Waals surface area contributed by atoms with Crippen molar-refractivity contribution in [3.05, 3.63) is 170 Å². The lowest BCUT2D eigenvalue weighted by molar-refractivity contribution is -0.379. The molecular formula is C95H157NO18. The van der Waals surface area contributed by atoms with Crippen LogP contribution in [0.4, 0.5) is 0 Å². The molecule has 0 saturated carbocycles. The number of unbranched alkanes of at least 4 members (excludes halogenated alkanes) is 27. The van der Waals surface area contributed by atoms with E-state index in [1.165, 1.54) is 135 Å². The highest BCUT2D eigenvalue weighted by atomic mass is 16.8. The Morgan fingerprint density at radius 3 is 0.982 bits per heavy atom. The van der Waals surface area contributed by atoms with Crippen molar-refractivity contribution in [2.24, 2.45) is 0 Å². The van der Waals surface area contributed by atoms with Crippen LogP contribution in [0.3, 0.4) is 0 Å². The maximum Gasteiger partial charge on any atom is 0.220 e. The maximum absolute atomic E-state index is 13.5. The van der Waals surface area contributed by atoms with E-state index in [2.05, 4.69) is 177 Å². The minimum atomic E-state index is -1.99. The highest BCUT2D eigenvalue weighted by molar-refractivity contribution is 5.76. The van der Waals surface area contributed by atoms with E-state index in [1.54, 1.807) is 6.08 Å². The van der Waals surface area contributed by atoms with E-state index in [0.717, 1.165) is 122 Å². The minimum Gasteiger partial charge on any atom is -0.394 e. The van der Waals surface area contributed by atoms with E-state index < -0.39 is 124 Å². The highest BCUT2D eigenvalue weighted by Gasteiger charge is 2.54. The van der Waals surface area contributed by atoms with Gasteiger partial charge < -0.3 is 89.9 Å². The number of allylic oxidation sites excluding steroid dienone is 27. The van der Waals surface area contributed by atoms with Gasteiger partial charge in [-0.2, -0.15) is 0 Å². The van der Waals surface area contributed by atoms with Gasteiger partial charge in [0, 0.05) is 6.42 Å². The van der Waals surface area contributed by atoms with Gasteiger partial charge in [0.2, 0.25) is 5.91 Å². The molecule has 0 aromatic heterocycles. The zero-order valence-corrected chi connectivity index (χ0v) is 70.0. The molecular weight excluding hydrogens is 1440 g/mol. The van der Waals surface area contributed by atoms with Gasteiger partial charge in [-0.3, -0.25) is 4.79 Å². The summed E-state index contributed by atoms with van der Waals surface area (Å²) in [6.45, 7) is 1.60. The Balaban J connectivity index is 1.37. The number of rotatable bonds is 69. The molecule has 3 rings (SSSR count). The molecule has 0 bridgehead atoms. The van der Waals surface area contributed by atoms with E-state index in [0.29, 0.717) is 12.8 Å². The van der Waals surface area contributed by atoms with Gasteiger partial charge in [-0.05, 0) is 122 Å². The van der Waals surface area contributed by atoms with E-state index in [4.69, 9.17) is 28.4 Å². The summed E-state index contributed by atoms with van der Waals surface area (Å²) in [5, 5.41) is 121. The minimum absolute atomic E-state index is 0.195. The Bertz CT molecular complexity index is 2730. The summed E-state index contributed by atoms with van der Waals surface area (Å²) in [5.41, 5.74) is 0. The molecule has 19 heteroatoms. The van der Waals surface area contributed by atoms with Gasteiger partial charge in [-0.25, -0.2) is 0 Å². The van der Waals surface area contributed by atoms with E-state index in [1.807, 2.05) is 6.08 Å². The standard InChI is InChI=1S/C95H157NO18/c1-3-5-7-9-11-13-15-17-19-21-23-25-27-29-31-33-34-35-36-37-38-39-40-41-42-43-44-45-47-49-51-53-55-57-59-61-63-65-67-69-71-73-83(101)96-78(79(100)72-70-68-66-64-62-60-58-56-54-52-50-48-46-32-30-28-26-24-22-20-18-16-14-12-10-8-6-4-2)77-109-93-89(107)86(104)91(81(75-98)111-93)114-95-90(108)87(105)92(82(76-99)112-95)113-94-88(106)85(103)84(102)80(74-97)110-94/h5,7,11,13,17,19,23,25,29,31,34-35,37-38,40-41,43-44,47,49,53,55,59,61-62,64,70,72,78-82,84-95,97-100,102-108H,3-4,6,8-10,12,14-16,18,20-22,24,26-28,30,32-33,36,39,42,45-46,48,50-52,54,56-58,60,63,65-69,71,73-77H2,1-2H3,(H,96,101)/b7-5-,13-11-,19-17-,25-23-,31-29-,35-34-,38-37-,41-40-,44-43-,49-47-,55-53-,61-59-,64-62+,72-70+. The Morgan fingerprint density at radius 2 is 0.614 bits per heavy atom. The molecule has 17 unspecified atom stereocenters. The van der Waals surface area contributed by atoms with Crippen molar-refractivity contribution >= 4 is 5.91 Å². The van der Waals surface area contributed by atoms with E-state index in [9.17, 15) is 61.0 Å². The lowest BCUT2D eigenvalue weighted by Gasteiger charge is -2.48. The predicted molar refractivity (Wildman–Crippen MR) is 461 cm³/mol. The molecule has 3 aliphatic heterocycles. The second-order valence-electron chi connectivity index (χ2n) is 30.6. The molecule has 19 nitrogen and oxygen atoms in total. The average Bonchev–Trinajstić information content (AvgIpc) is 0.782. The monoisotopic (exact) mass is 1600 g/mol. The Kier molecular flexibility index (Phi) is 65.4. The Hall–Kier alpha value is -4.85. The average molecular weight is 1600 g/mol. The zero-order chi connectivity index (χ0) is 82.4. The molecule has 3 fully saturated rings. The van der Waals surface area contributed by atoms with Crippen molar-refractivity contribution in [3.63, 3.8) is 0 Å². The van der Waals surface area contributed by atoms with Crippen LogP contribution in [-0.2, 0) is 33.2 Å². The van der Waals surface area contributed by atoms with Gasteiger partial charge in [0.1, 0.15) is 73.2 Å². The lowest BCUT2D eigenvalue weighted by Crippen LogP contribution is -2.66. The molecule has 0 aromatic carbocycles. The first-order valence-electron chi connectivity index (χ1n) is 44.4. The first kappa shape index (κ1) is 103. The van der Waals surface area contributed by atoms with Crippen molar-refractivity contribution < 1.29 is 89.4 Å². The molecule has 650 valence electrons. The molecule has 0 radical (unpaired) electrons. The third-order valence-corrected chi connectivity index (χ3v) is 20.7. The smallest absolute Gasteiger partial charge is 0.220 e. The molecule has 3 saturated heterocycles. The number of hydrogen-bond acceptors (Lipinski definition) is 18. The van der Waals surface area contributed by atoms with Crippen LogP contribution in [0.2, 0.25) is 0 Å². The molecule has 3 heterocycles. The third-order valence-electron chi connectivity index (χ3n) is 20.7. The number of amides is 1. The van der Waals surface area contributed by atoms with Crippen molar-refractivity contribution in [3.8, 4) is 0 Å². The molecule has 12 N–H and O–H groups in total. The molecule has 17 atom stereocenters. The second kappa shape index (κ2) is 72.2. The summed E-state index contributed by atoms with van der Waals surface area (Å²) in [6, 6.07) is -1.02. The third kappa shape index (κ3) is 50.2. The van der Waals surface area contributed by atoms with Crippen molar-refractivity contribution in [2.45, 2.75) is 394 Å². The highest BCUT2D eigenvalue weighted by Crippen LogP contribution is 2.33. The Morgan fingerprint density at radius 1 is 0.325 bits per heavy atom. The Labute approximate surface area is 688 Å². The van der Waals surface area contributed by atoms with Gasteiger partial charge in [0.05, 0.1) is 38.6 Å². The first-order chi connectivity index (χ1) is 55.8. The number of carbonyl (C=O) groups excluding carboxylic acids is 1. The number of aliphatic hydroxyl groups is 11. The quantitative estimate of drug-likeness (QED) is 0.0199. The number of ether oxygens (including phenoxy) is 6. The molecule has 3 aliphatic rings. The summed E-state index contributed by atoms with van der Waals surface area (Å²) in [5.74, 6) is -0.314. The molecule has 1 amide bonds. The van der Waals surface area contributed by atoms with Gasteiger partial charge >= 0.3 is 0 Å². The summed E-state index contributed by atoms with van der Waals surface area (Å²) >= 11 is 0. The van der Waals surface area contributed by atoms with Crippen LogP contribution < -0.4 is 5.32 Å². The fourth-order valence-electron chi connectivity index (χ4n) is 13.7. The van der Waals surface area contributed by atoms with Gasteiger partial charge in [0.25, 0.3) is 0 Å². The van der Waals surface area contributed by atoms with Crippen LogP contribution in [-0.4, -0.2) is 193 Å². The molecule has 0 spiro atoms. The van der Waals surface area contributed by atoms with E-state index >= 15 is 0 Å². The van der Waals surface area contributed by atoms with Crippen molar-refractivity contribution in [1.29, 1.82) is 0 Å². The second-order valence-corrected chi connectivity index (χ2v) is 30.6. The number of aliphatic hydroxyl groups excluding tert-OH is 11. The van der Waals surface area contributed by atoms with Crippen molar-refractivity contribution in [1.82, 2.24) is 5.32 Å². The zero-order valence-electron chi connectivity index (χ0n) is 70.0. The maximum atomic E-state index is 13.5. The fraction of sp³-hybridized carbons (Fsp3) is 0.695.